The van der Waals surface area contributed by atoms with E-state index in [1.54, 1.807) is 6.92 Å². The van der Waals surface area contributed by atoms with Crippen LogP contribution in [0.4, 0.5) is 0 Å². The van der Waals surface area contributed by atoms with E-state index < -0.39 is 12.0 Å². The fourth-order valence-corrected chi connectivity index (χ4v) is 2.22. The van der Waals surface area contributed by atoms with Crippen LogP contribution in [0.15, 0.2) is 24.3 Å². The van der Waals surface area contributed by atoms with Gasteiger partial charge in [-0.1, -0.05) is 29.8 Å². The molecule has 0 spiro atoms. The first-order valence-corrected chi connectivity index (χ1v) is 8.11. The summed E-state index contributed by atoms with van der Waals surface area (Å²) < 4.78 is 15.4. The Morgan fingerprint density at radius 2 is 2.00 bits per heavy atom. The Hall–Kier alpha value is -1.92. The molecule has 1 aromatic rings. The maximum atomic E-state index is 12.1. The summed E-state index contributed by atoms with van der Waals surface area (Å²) in [5, 5.41) is 2.75. The van der Waals surface area contributed by atoms with Gasteiger partial charge >= 0.3 is 5.97 Å². The largest absolute Gasteiger partial charge is 0.468 e. The highest BCUT2D eigenvalue weighted by Gasteiger charge is 2.23. The summed E-state index contributed by atoms with van der Waals surface area (Å²) >= 11 is 0. The number of benzene rings is 1. The quantitative estimate of drug-likeness (QED) is 0.521. The fourth-order valence-electron chi connectivity index (χ4n) is 2.22. The minimum Gasteiger partial charge on any atom is -0.468 e. The van der Waals surface area contributed by atoms with E-state index in [-0.39, 0.29) is 18.4 Å². The molecule has 1 aromatic carbocycles. The average molecular weight is 337 g/mol. The first-order chi connectivity index (χ1) is 11.5. The molecule has 6 nitrogen and oxygen atoms in total. The standard InChI is InChI=1S/C18H27NO5/c1-5-23-9-10-24-14(3)17(20)19-12-16(18(21)22-4)15-8-6-7-13(2)11-15/h6-8,11,14,16H,5,9-10,12H2,1-4H3,(H,19,20)/t14-,16+/m1/s1. The van der Waals surface area contributed by atoms with E-state index in [0.29, 0.717) is 19.8 Å². The Morgan fingerprint density at radius 3 is 2.62 bits per heavy atom. The molecule has 0 saturated carbocycles. The third kappa shape index (κ3) is 6.68. The maximum Gasteiger partial charge on any atom is 0.314 e. The number of ether oxygens (including phenoxy) is 3. The average Bonchev–Trinajstić information content (AvgIpc) is 2.58. The number of carbonyl (C=O) groups excluding carboxylic acids is 2. The highest BCUT2D eigenvalue weighted by molar-refractivity contribution is 5.83. The van der Waals surface area contributed by atoms with E-state index in [1.807, 2.05) is 38.1 Å². The molecule has 0 aliphatic carbocycles. The van der Waals surface area contributed by atoms with Crippen molar-refractivity contribution in [1.82, 2.24) is 5.32 Å². The number of nitrogens with one attached hydrogen (secondary N) is 1. The summed E-state index contributed by atoms with van der Waals surface area (Å²) in [6.45, 7) is 7.08. The fraction of sp³-hybridized carbons (Fsp3) is 0.556. The molecule has 0 unspecified atom stereocenters. The zero-order valence-corrected chi connectivity index (χ0v) is 14.8. The summed E-state index contributed by atoms with van der Waals surface area (Å²) in [4.78, 5) is 24.1. The van der Waals surface area contributed by atoms with Crippen LogP contribution in [0, 0.1) is 6.92 Å². The van der Waals surface area contributed by atoms with Crippen molar-refractivity contribution in [1.29, 1.82) is 0 Å². The molecule has 6 heteroatoms. The van der Waals surface area contributed by atoms with Gasteiger partial charge in [-0.25, -0.2) is 0 Å². The van der Waals surface area contributed by atoms with Crippen molar-refractivity contribution >= 4 is 11.9 Å². The van der Waals surface area contributed by atoms with Gasteiger partial charge in [0.15, 0.2) is 0 Å². The summed E-state index contributed by atoms with van der Waals surface area (Å²) in [5.41, 5.74) is 1.85. The Morgan fingerprint density at radius 1 is 1.25 bits per heavy atom. The molecule has 0 aromatic heterocycles. The van der Waals surface area contributed by atoms with Crippen LogP contribution >= 0.6 is 0 Å². The molecule has 134 valence electrons. The minimum absolute atomic E-state index is 0.161. The van der Waals surface area contributed by atoms with Gasteiger partial charge < -0.3 is 19.5 Å². The number of amides is 1. The van der Waals surface area contributed by atoms with Gasteiger partial charge in [0.2, 0.25) is 5.91 Å². The molecule has 0 aliphatic rings. The Kier molecular flexibility index (Phi) is 9.04. The molecule has 24 heavy (non-hydrogen) atoms. The van der Waals surface area contributed by atoms with Crippen LogP contribution in [0.1, 0.15) is 30.9 Å². The Balaban J connectivity index is 2.59. The monoisotopic (exact) mass is 337 g/mol. The van der Waals surface area contributed by atoms with E-state index in [0.717, 1.165) is 11.1 Å². The molecule has 1 N–H and O–H groups in total. The summed E-state index contributed by atoms with van der Waals surface area (Å²) in [6.07, 6.45) is -0.610. The lowest BCUT2D eigenvalue weighted by atomic mass is 9.97. The molecular formula is C18H27NO5. The molecule has 0 fully saturated rings. The van der Waals surface area contributed by atoms with Crippen molar-refractivity contribution in [2.45, 2.75) is 32.8 Å². The minimum atomic E-state index is -0.610. The molecule has 2 atom stereocenters. The van der Waals surface area contributed by atoms with Crippen LogP contribution < -0.4 is 5.32 Å². The first-order valence-electron chi connectivity index (χ1n) is 8.11. The van der Waals surface area contributed by atoms with Crippen molar-refractivity contribution in [2.75, 3.05) is 33.5 Å². The maximum absolute atomic E-state index is 12.1. The Labute approximate surface area is 143 Å². The normalized spacial score (nSPS) is 13.2. The number of carbonyl (C=O) groups is 2. The number of hydrogen-bond acceptors (Lipinski definition) is 5. The van der Waals surface area contributed by atoms with Crippen molar-refractivity contribution in [2.24, 2.45) is 0 Å². The second kappa shape index (κ2) is 10.8. The van der Waals surface area contributed by atoms with Gasteiger partial charge in [0.1, 0.15) is 6.10 Å². The van der Waals surface area contributed by atoms with Gasteiger partial charge in [0, 0.05) is 13.2 Å². The molecule has 0 aliphatic heterocycles. The first kappa shape index (κ1) is 20.1. The van der Waals surface area contributed by atoms with E-state index in [2.05, 4.69) is 5.32 Å². The summed E-state index contributed by atoms with van der Waals surface area (Å²) in [5.74, 6) is -1.20. The topological polar surface area (TPSA) is 73.9 Å². The number of rotatable bonds is 10. The molecule has 1 amide bonds. The predicted molar refractivity (Wildman–Crippen MR) is 90.9 cm³/mol. The van der Waals surface area contributed by atoms with Crippen LogP contribution in [-0.2, 0) is 23.8 Å². The van der Waals surface area contributed by atoms with Crippen LogP contribution in [0.25, 0.3) is 0 Å². The summed E-state index contributed by atoms with van der Waals surface area (Å²) in [7, 11) is 1.34. The van der Waals surface area contributed by atoms with Gasteiger partial charge in [0.25, 0.3) is 0 Å². The molecular weight excluding hydrogens is 310 g/mol. The van der Waals surface area contributed by atoms with Gasteiger partial charge in [0.05, 0.1) is 26.2 Å². The third-order valence-electron chi connectivity index (χ3n) is 3.58. The SMILES string of the molecule is CCOCCO[C@H](C)C(=O)NC[C@H](C(=O)OC)c1cccc(C)c1. The molecule has 1 rings (SSSR count). The third-order valence-corrected chi connectivity index (χ3v) is 3.58. The second-order valence-electron chi connectivity index (χ2n) is 5.44. The van der Waals surface area contributed by atoms with Gasteiger partial charge in [-0.3, -0.25) is 9.59 Å². The molecule has 0 radical (unpaired) electrons. The van der Waals surface area contributed by atoms with Gasteiger partial charge in [-0.05, 0) is 26.3 Å². The van der Waals surface area contributed by atoms with Gasteiger partial charge in [-0.15, -0.1) is 0 Å². The molecule has 0 heterocycles. The molecule has 0 bridgehead atoms. The van der Waals surface area contributed by atoms with Crippen LogP contribution in [0.3, 0.4) is 0 Å². The molecule has 0 saturated heterocycles. The van der Waals surface area contributed by atoms with E-state index >= 15 is 0 Å². The number of methoxy groups -OCH3 is 1. The van der Waals surface area contributed by atoms with E-state index in [4.69, 9.17) is 14.2 Å². The van der Waals surface area contributed by atoms with Crippen LogP contribution in [0.2, 0.25) is 0 Å². The highest BCUT2D eigenvalue weighted by Crippen LogP contribution is 2.18. The number of aryl methyl sites for hydroxylation is 1. The van der Waals surface area contributed by atoms with Crippen molar-refractivity contribution in [3.05, 3.63) is 35.4 Å². The Bertz CT molecular complexity index is 532. The predicted octanol–water partition coefficient (Wildman–Crippen LogP) is 1.81. The lowest BCUT2D eigenvalue weighted by Gasteiger charge is -2.18. The lowest BCUT2D eigenvalue weighted by molar-refractivity contribution is -0.142. The van der Waals surface area contributed by atoms with Crippen molar-refractivity contribution < 1.29 is 23.8 Å². The smallest absolute Gasteiger partial charge is 0.314 e. The lowest BCUT2D eigenvalue weighted by Crippen LogP contribution is -2.39. The van der Waals surface area contributed by atoms with E-state index in [1.165, 1.54) is 7.11 Å². The summed E-state index contributed by atoms with van der Waals surface area (Å²) in [6, 6.07) is 7.59. The van der Waals surface area contributed by atoms with Crippen LogP contribution in [-0.4, -0.2) is 51.5 Å². The van der Waals surface area contributed by atoms with Gasteiger partial charge in [-0.2, -0.15) is 0 Å². The van der Waals surface area contributed by atoms with Crippen molar-refractivity contribution in [3.63, 3.8) is 0 Å². The van der Waals surface area contributed by atoms with E-state index in [9.17, 15) is 9.59 Å². The van der Waals surface area contributed by atoms with Crippen LogP contribution in [0.5, 0.6) is 0 Å². The highest BCUT2D eigenvalue weighted by atomic mass is 16.5. The second-order valence-corrected chi connectivity index (χ2v) is 5.44. The zero-order chi connectivity index (χ0) is 17.9. The zero-order valence-electron chi connectivity index (χ0n) is 14.8. The number of hydrogen-bond donors (Lipinski definition) is 1. The van der Waals surface area contributed by atoms with Crippen molar-refractivity contribution in [3.8, 4) is 0 Å². The number of esters is 1.